The fourth-order valence-corrected chi connectivity index (χ4v) is 2.09. The van der Waals surface area contributed by atoms with E-state index in [2.05, 4.69) is 31.3 Å². The minimum Gasteiger partial charge on any atom is -0.497 e. The number of hydrogen-bond acceptors (Lipinski definition) is 2. The topological polar surface area (TPSA) is 21.3 Å². The summed E-state index contributed by atoms with van der Waals surface area (Å²) in [5, 5.41) is 3.51. The second-order valence-corrected chi connectivity index (χ2v) is 4.32. The van der Waals surface area contributed by atoms with Crippen molar-refractivity contribution in [1.82, 2.24) is 5.32 Å². The fraction of sp³-hybridized carbons (Fsp3) is 0.500. The molecule has 1 N–H and O–H groups in total. The average molecular weight is 191 g/mol. The number of benzene rings is 1. The molecule has 2 heteroatoms. The number of ether oxygens (including phenoxy) is 1. The summed E-state index contributed by atoms with van der Waals surface area (Å²) in [6, 6.07) is 6.36. The zero-order valence-electron chi connectivity index (χ0n) is 9.05. The first-order valence-corrected chi connectivity index (χ1v) is 5.06. The summed E-state index contributed by atoms with van der Waals surface area (Å²) in [5.41, 5.74) is 2.87. The van der Waals surface area contributed by atoms with Crippen LogP contribution in [0.4, 0.5) is 0 Å². The number of methoxy groups -OCH3 is 1. The minimum absolute atomic E-state index is 0.0716. The molecular weight excluding hydrogens is 174 g/mol. The molecule has 1 aliphatic heterocycles. The van der Waals surface area contributed by atoms with E-state index >= 15 is 0 Å². The van der Waals surface area contributed by atoms with Crippen LogP contribution in [0.15, 0.2) is 18.2 Å². The third kappa shape index (κ3) is 1.50. The Labute approximate surface area is 85.3 Å². The molecule has 1 aromatic carbocycles. The highest BCUT2D eigenvalue weighted by molar-refractivity contribution is 5.41. The van der Waals surface area contributed by atoms with Crippen LogP contribution in [0, 0.1) is 0 Å². The van der Waals surface area contributed by atoms with Gasteiger partial charge in [0, 0.05) is 5.54 Å². The van der Waals surface area contributed by atoms with Crippen molar-refractivity contribution in [2.75, 3.05) is 13.7 Å². The molecule has 0 saturated carbocycles. The summed E-state index contributed by atoms with van der Waals surface area (Å²) >= 11 is 0. The summed E-state index contributed by atoms with van der Waals surface area (Å²) in [4.78, 5) is 0. The van der Waals surface area contributed by atoms with Crippen LogP contribution < -0.4 is 10.1 Å². The molecule has 0 spiro atoms. The van der Waals surface area contributed by atoms with Gasteiger partial charge >= 0.3 is 0 Å². The number of nitrogens with one attached hydrogen (secondary N) is 1. The highest BCUT2D eigenvalue weighted by atomic mass is 16.5. The van der Waals surface area contributed by atoms with Crippen molar-refractivity contribution < 1.29 is 4.74 Å². The van der Waals surface area contributed by atoms with E-state index < -0.39 is 0 Å². The van der Waals surface area contributed by atoms with E-state index in [1.165, 1.54) is 11.1 Å². The Morgan fingerprint density at radius 3 is 2.86 bits per heavy atom. The highest BCUT2D eigenvalue weighted by Gasteiger charge is 2.26. The van der Waals surface area contributed by atoms with Gasteiger partial charge in [0.05, 0.1) is 7.11 Å². The van der Waals surface area contributed by atoms with Crippen molar-refractivity contribution in [2.24, 2.45) is 0 Å². The molecule has 0 fully saturated rings. The molecule has 76 valence electrons. The number of hydrogen-bond donors (Lipinski definition) is 1. The van der Waals surface area contributed by atoms with Gasteiger partial charge in [0.2, 0.25) is 0 Å². The van der Waals surface area contributed by atoms with Gasteiger partial charge in [-0.05, 0) is 50.1 Å². The van der Waals surface area contributed by atoms with E-state index in [9.17, 15) is 0 Å². The lowest BCUT2D eigenvalue weighted by Gasteiger charge is -2.34. The molecule has 1 aliphatic rings. The lowest BCUT2D eigenvalue weighted by molar-refractivity contribution is 0.374. The Bertz CT molecular complexity index is 344. The monoisotopic (exact) mass is 191 g/mol. The molecule has 1 heterocycles. The average Bonchev–Trinajstić information content (AvgIpc) is 2.17. The predicted molar refractivity (Wildman–Crippen MR) is 57.7 cm³/mol. The molecule has 0 amide bonds. The maximum absolute atomic E-state index is 5.25. The summed E-state index contributed by atoms with van der Waals surface area (Å²) in [5.74, 6) is 0.945. The summed E-state index contributed by atoms with van der Waals surface area (Å²) in [6.45, 7) is 5.49. The van der Waals surface area contributed by atoms with Crippen LogP contribution in [0.25, 0.3) is 0 Å². The maximum Gasteiger partial charge on any atom is 0.119 e. The quantitative estimate of drug-likeness (QED) is 0.733. The molecule has 14 heavy (non-hydrogen) atoms. The number of rotatable bonds is 1. The zero-order valence-corrected chi connectivity index (χ0v) is 9.05. The molecule has 0 atom stereocenters. The van der Waals surface area contributed by atoms with E-state index in [-0.39, 0.29) is 5.54 Å². The third-order valence-electron chi connectivity index (χ3n) is 2.95. The van der Waals surface area contributed by atoms with Crippen LogP contribution in [0.3, 0.4) is 0 Å². The van der Waals surface area contributed by atoms with Crippen LogP contribution in [-0.4, -0.2) is 13.7 Å². The second kappa shape index (κ2) is 3.28. The molecule has 0 saturated heterocycles. The van der Waals surface area contributed by atoms with Crippen molar-refractivity contribution in [3.63, 3.8) is 0 Å². The molecule has 2 rings (SSSR count). The van der Waals surface area contributed by atoms with Crippen molar-refractivity contribution in [1.29, 1.82) is 0 Å². The molecule has 0 aromatic heterocycles. The Kier molecular flexibility index (Phi) is 2.23. The predicted octanol–water partition coefficient (Wildman–Crippen LogP) is 2.08. The lowest BCUT2D eigenvalue weighted by Crippen LogP contribution is -2.42. The first kappa shape index (κ1) is 9.53. The summed E-state index contributed by atoms with van der Waals surface area (Å²) < 4.78 is 5.25. The molecule has 0 unspecified atom stereocenters. The Balaban J connectivity index is 2.49. The van der Waals surface area contributed by atoms with E-state index in [4.69, 9.17) is 4.74 Å². The fourth-order valence-electron chi connectivity index (χ4n) is 2.09. The molecule has 2 nitrogen and oxygen atoms in total. The normalized spacial score (nSPS) is 18.8. The SMILES string of the molecule is COc1ccc2c(c1)C(C)(C)NCC2. The van der Waals surface area contributed by atoms with Crippen LogP contribution in [0.2, 0.25) is 0 Å². The van der Waals surface area contributed by atoms with Gasteiger partial charge in [-0.25, -0.2) is 0 Å². The van der Waals surface area contributed by atoms with Crippen molar-refractivity contribution in [3.05, 3.63) is 29.3 Å². The van der Waals surface area contributed by atoms with Crippen LogP contribution in [0.1, 0.15) is 25.0 Å². The Hall–Kier alpha value is -1.02. The second-order valence-electron chi connectivity index (χ2n) is 4.32. The molecule has 0 radical (unpaired) electrons. The van der Waals surface area contributed by atoms with Crippen molar-refractivity contribution >= 4 is 0 Å². The van der Waals surface area contributed by atoms with E-state index in [0.29, 0.717) is 0 Å². The molecule has 0 bridgehead atoms. The van der Waals surface area contributed by atoms with Crippen LogP contribution in [0.5, 0.6) is 5.75 Å². The standard InChI is InChI=1S/C12H17NO/c1-12(2)11-8-10(14-3)5-4-9(11)6-7-13-12/h4-5,8,13H,6-7H2,1-3H3. The van der Waals surface area contributed by atoms with Gasteiger partial charge in [0.1, 0.15) is 5.75 Å². The van der Waals surface area contributed by atoms with Crippen LogP contribution in [-0.2, 0) is 12.0 Å². The van der Waals surface area contributed by atoms with Gasteiger partial charge in [-0.15, -0.1) is 0 Å². The smallest absolute Gasteiger partial charge is 0.119 e. The molecular formula is C12H17NO. The Morgan fingerprint density at radius 2 is 2.14 bits per heavy atom. The number of fused-ring (bicyclic) bond motifs is 1. The Morgan fingerprint density at radius 1 is 1.36 bits per heavy atom. The first-order valence-electron chi connectivity index (χ1n) is 5.06. The minimum atomic E-state index is 0.0716. The summed E-state index contributed by atoms with van der Waals surface area (Å²) in [6.07, 6.45) is 1.11. The largest absolute Gasteiger partial charge is 0.497 e. The van der Waals surface area contributed by atoms with Crippen molar-refractivity contribution in [2.45, 2.75) is 25.8 Å². The van der Waals surface area contributed by atoms with Crippen molar-refractivity contribution in [3.8, 4) is 5.75 Å². The van der Waals surface area contributed by atoms with Gasteiger partial charge in [0.25, 0.3) is 0 Å². The molecule has 1 aromatic rings. The summed E-state index contributed by atoms with van der Waals surface area (Å²) in [7, 11) is 1.71. The maximum atomic E-state index is 5.25. The third-order valence-corrected chi connectivity index (χ3v) is 2.95. The van der Waals surface area contributed by atoms with E-state index in [0.717, 1.165) is 18.7 Å². The highest BCUT2D eigenvalue weighted by Crippen LogP contribution is 2.30. The van der Waals surface area contributed by atoms with Gasteiger partial charge in [0.15, 0.2) is 0 Å². The van der Waals surface area contributed by atoms with E-state index in [1.54, 1.807) is 7.11 Å². The van der Waals surface area contributed by atoms with Gasteiger partial charge in [-0.3, -0.25) is 0 Å². The lowest BCUT2D eigenvalue weighted by atomic mass is 9.85. The van der Waals surface area contributed by atoms with Gasteiger partial charge < -0.3 is 10.1 Å². The molecule has 0 aliphatic carbocycles. The van der Waals surface area contributed by atoms with Crippen LogP contribution >= 0.6 is 0 Å². The first-order chi connectivity index (χ1) is 6.63. The zero-order chi connectivity index (χ0) is 10.2. The van der Waals surface area contributed by atoms with E-state index in [1.807, 2.05) is 6.07 Å². The van der Waals surface area contributed by atoms with Gasteiger partial charge in [-0.1, -0.05) is 6.07 Å². The van der Waals surface area contributed by atoms with Gasteiger partial charge in [-0.2, -0.15) is 0 Å².